The summed E-state index contributed by atoms with van der Waals surface area (Å²) >= 11 is 6.29. The highest BCUT2D eigenvalue weighted by molar-refractivity contribution is 6.31. The predicted molar refractivity (Wildman–Crippen MR) is 74.1 cm³/mol. The van der Waals surface area contributed by atoms with Crippen molar-refractivity contribution in [3.63, 3.8) is 0 Å². The molecule has 0 bridgehead atoms. The molecule has 1 aromatic carbocycles. The Balaban J connectivity index is 2.47. The van der Waals surface area contributed by atoms with Gasteiger partial charge in [0.1, 0.15) is 0 Å². The Kier molecular flexibility index (Phi) is 4.36. The molecule has 1 N–H and O–H groups in total. The molecule has 0 spiro atoms. The van der Waals surface area contributed by atoms with Gasteiger partial charge in [0, 0.05) is 28.6 Å². The second kappa shape index (κ2) is 5.81. The van der Waals surface area contributed by atoms with Gasteiger partial charge in [-0.2, -0.15) is 0 Å². The first-order chi connectivity index (χ1) is 8.69. The minimum absolute atomic E-state index is 0.445. The fourth-order valence-corrected chi connectivity index (χ4v) is 2.80. The van der Waals surface area contributed by atoms with Crippen LogP contribution in [0.5, 0.6) is 11.5 Å². The molecule has 0 amide bonds. The van der Waals surface area contributed by atoms with Crippen LogP contribution >= 0.6 is 11.6 Å². The number of rotatable bonds is 3. The number of halogens is 1. The van der Waals surface area contributed by atoms with E-state index in [0.29, 0.717) is 5.92 Å². The third-order valence-electron chi connectivity index (χ3n) is 3.59. The first kappa shape index (κ1) is 13.5. The van der Waals surface area contributed by atoms with E-state index < -0.39 is 0 Å². The maximum absolute atomic E-state index is 6.29. The number of benzene rings is 1. The molecule has 1 fully saturated rings. The fourth-order valence-electron chi connectivity index (χ4n) is 2.60. The normalized spacial score (nSPS) is 19.7. The molecule has 100 valence electrons. The summed E-state index contributed by atoms with van der Waals surface area (Å²) in [5, 5.41) is 4.16. The Morgan fingerprint density at radius 1 is 1.28 bits per heavy atom. The maximum Gasteiger partial charge on any atom is 0.165 e. The van der Waals surface area contributed by atoms with Gasteiger partial charge in [0.2, 0.25) is 0 Å². The van der Waals surface area contributed by atoms with E-state index in [1.165, 1.54) is 6.42 Å². The Morgan fingerprint density at radius 3 is 2.56 bits per heavy atom. The van der Waals surface area contributed by atoms with Crippen molar-refractivity contribution < 1.29 is 9.47 Å². The highest BCUT2D eigenvalue weighted by atomic mass is 35.5. The molecule has 1 heterocycles. The zero-order valence-electron chi connectivity index (χ0n) is 11.2. The Labute approximate surface area is 113 Å². The Hall–Kier alpha value is -0.930. The average molecular weight is 270 g/mol. The van der Waals surface area contributed by atoms with E-state index in [9.17, 15) is 0 Å². The number of piperidine rings is 1. The maximum atomic E-state index is 6.29. The number of ether oxygens (including phenoxy) is 2. The van der Waals surface area contributed by atoms with Crippen molar-refractivity contribution in [2.45, 2.75) is 25.7 Å². The van der Waals surface area contributed by atoms with E-state index in [1.54, 1.807) is 14.2 Å². The smallest absolute Gasteiger partial charge is 0.165 e. The lowest BCUT2D eigenvalue weighted by atomic mass is 9.90. The highest BCUT2D eigenvalue weighted by Gasteiger charge is 2.24. The summed E-state index contributed by atoms with van der Waals surface area (Å²) in [4.78, 5) is 0. The predicted octanol–water partition coefficient (Wildman–Crippen LogP) is 3.13. The van der Waals surface area contributed by atoms with Crippen LogP contribution in [0, 0.1) is 6.92 Å². The van der Waals surface area contributed by atoms with Gasteiger partial charge in [-0.05, 0) is 32.4 Å². The highest BCUT2D eigenvalue weighted by Crippen LogP contribution is 2.43. The molecule has 0 saturated carbocycles. The summed E-state index contributed by atoms with van der Waals surface area (Å²) in [5.74, 6) is 2.03. The van der Waals surface area contributed by atoms with Crippen molar-refractivity contribution in [1.29, 1.82) is 0 Å². The Morgan fingerprint density at radius 2 is 2.00 bits per heavy atom. The van der Waals surface area contributed by atoms with Crippen LogP contribution in [0.4, 0.5) is 0 Å². The zero-order valence-corrected chi connectivity index (χ0v) is 11.9. The van der Waals surface area contributed by atoms with E-state index in [1.807, 2.05) is 13.0 Å². The van der Waals surface area contributed by atoms with Crippen molar-refractivity contribution in [2.24, 2.45) is 0 Å². The zero-order chi connectivity index (χ0) is 13.1. The van der Waals surface area contributed by atoms with Gasteiger partial charge >= 0.3 is 0 Å². The molecule has 2 rings (SSSR count). The molecule has 1 unspecified atom stereocenters. The van der Waals surface area contributed by atoms with Crippen LogP contribution in [0.2, 0.25) is 5.02 Å². The molecule has 1 aliphatic rings. The number of hydrogen-bond donors (Lipinski definition) is 1. The first-order valence-corrected chi connectivity index (χ1v) is 6.68. The summed E-state index contributed by atoms with van der Waals surface area (Å²) in [7, 11) is 3.34. The molecule has 4 heteroatoms. The van der Waals surface area contributed by atoms with Crippen LogP contribution in [-0.2, 0) is 0 Å². The summed E-state index contributed by atoms with van der Waals surface area (Å²) in [5.41, 5.74) is 2.08. The Bertz CT molecular complexity index is 428. The molecule has 1 atom stereocenters. The lowest BCUT2D eigenvalue weighted by molar-refractivity contribution is 0.343. The minimum atomic E-state index is 0.445. The second-order valence-electron chi connectivity index (χ2n) is 4.68. The van der Waals surface area contributed by atoms with Gasteiger partial charge < -0.3 is 14.8 Å². The van der Waals surface area contributed by atoms with Crippen molar-refractivity contribution in [3.05, 3.63) is 22.2 Å². The van der Waals surface area contributed by atoms with Gasteiger partial charge in [0.15, 0.2) is 11.5 Å². The van der Waals surface area contributed by atoms with Gasteiger partial charge in [0.05, 0.1) is 14.2 Å². The van der Waals surface area contributed by atoms with E-state index in [4.69, 9.17) is 21.1 Å². The average Bonchev–Trinajstić information content (AvgIpc) is 2.42. The molecule has 1 aliphatic heterocycles. The van der Waals surface area contributed by atoms with Crippen molar-refractivity contribution in [1.82, 2.24) is 5.32 Å². The van der Waals surface area contributed by atoms with Crippen molar-refractivity contribution >= 4 is 11.6 Å². The number of methoxy groups -OCH3 is 2. The third kappa shape index (κ3) is 2.43. The molecular formula is C14H20ClNO2. The van der Waals surface area contributed by atoms with Crippen LogP contribution in [0.3, 0.4) is 0 Å². The summed E-state index contributed by atoms with van der Waals surface area (Å²) in [6.45, 7) is 4.01. The van der Waals surface area contributed by atoms with Crippen LogP contribution in [0.15, 0.2) is 6.07 Å². The van der Waals surface area contributed by atoms with Gasteiger partial charge in [0.25, 0.3) is 0 Å². The third-order valence-corrected chi connectivity index (χ3v) is 3.99. The largest absolute Gasteiger partial charge is 0.493 e. The second-order valence-corrected chi connectivity index (χ2v) is 5.09. The molecule has 0 aliphatic carbocycles. The molecule has 0 aromatic heterocycles. The SMILES string of the molecule is COc1c(C2CCCNC2)cc(Cl)c(C)c1OC. The van der Waals surface area contributed by atoms with Crippen LogP contribution in [-0.4, -0.2) is 27.3 Å². The van der Waals surface area contributed by atoms with E-state index in [2.05, 4.69) is 5.32 Å². The van der Waals surface area contributed by atoms with Crippen molar-refractivity contribution in [3.8, 4) is 11.5 Å². The van der Waals surface area contributed by atoms with E-state index in [0.717, 1.165) is 47.2 Å². The quantitative estimate of drug-likeness (QED) is 0.915. The van der Waals surface area contributed by atoms with Gasteiger partial charge in [-0.1, -0.05) is 11.6 Å². The summed E-state index contributed by atoms with van der Waals surface area (Å²) in [6.07, 6.45) is 2.34. The monoisotopic (exact) mass is 269 g/mol. The van der Waals surface area contributed by atoms with Gasteiger partial charge in [-0.15, -0.1) is 0 Å². The molecule has 1 aromatic rings. The summed E-state index contributed by atoms with van der Waals surface area (Å²) < 4.78 is 11.0. The van der Waals surface area contributed by atoms with Crippen molar-refractivity contribution in [2.75, 3.05) is 27.3 Å². The van der Waals surface area contributed by atoms with Crippen LogP contribution in [0.1, 0.15) is 29.9 Å². The molecule has 0 radical (unpaired) electrons. The summed E-state index contributed by atoms with van der Waals surface area (Å²) in [6, 6.07) is 2.02. The van der Waals surface area contributed by atoms with E-state index >= 15 is 0 Å². The lowest BCUT2D eigenvalue weighted by Gasteiger charge is -2.26. The number of hydrogen-bond acceptors (Lipinski definition) is 3. The molecule has 18 heavy (non-hydrogen) atoms. The van der Waals surface area contributed by atoms with Gasteiger partial charge in [-0.3, -0.25) is 0 Å². The number of nitrogens with one attached hydrogen (secondary N) is 1. The van der Waals surface area contributed by atoms with Crippen LogP contribution in [0.25, 0.3) is 0 Å². The first-order valence-electron chi connectivity index (χ1n) is 6.30. The minimum Gasteiger partial charge on any atom is -0.493 e. The fraction of sp³-hybridized carbons (Fsp3) is 0.571. The molecule has 3 nitrogen and oxygen atoms in total. The topological polar surface area (TPSA) is 30.5 Å². The standard InChI is InChI=1S/C14H20ClNO2/c1-9-12(15)7-11(10-5-4-6-16-8-10)14(18-3)13(9)17-2/h7,10,16H,4-6,8H2,1-3H3. The lowest BCUT2D eigenvalue weighted by Crippen LogP contribution is -2.28. The van der Waals surface area contributed by atoms with Gasteiger partial charge in [-0.25, -0.2) is 0 Å². The van der Waals surface area contributed by atoms with E-state index in [-0.39, 0.29) is 0 Å². The molecule has 1 saturated heterocycles. The van der Waals surface area contributed by atoms with Crippen LogP contribution < -0.4 is 14.8 Å². The molecular weight excluding hydrogens is 250 g/mol.